The second kappa shape index (κ2) is 3.89. The molecule has 2 heterocycles. The van der Waals surface area contributed by atoms with Crippen molar-refractivity contribution >= 4 is 32.9 Å². The largest absolute Gasteiger partial charge is 0.389 e. The molecule has 2 aromatic rings. The third-order valence-electron chi connectivity index (χ3n) is 2.99. The van der Waals surface area contributed by atoms with Gasteiger partial charge in [0.1, 0.15) is 5.69 Å². The van der Waals surface area contributed by atoms with E-state index in [1.54, 1.807) is 17.0 Å². The zero-order chi connectivity index (χ0) is 12.9. The average molecular weight is 265 g/mol. The highest BCUT2D eigenvalue weighted by Gasteiger charge is 2.30. The summed E-state index contributed by atoms with van der Waals surface area (Å²) in [6.07, 6.45) is -0.391. The number of aromatic nitrogens is 1. The lowest BCUT2D eigenvalue weighted by Crippen LogP contribution is -2.51. The molecule has 0 spiro atoms. The number of hydrogen-bond donors (Lipinski definition) is 1. The second-order valence-electron chi connectivity index (χ2n) is 4.36. The number of nitro groups is 1. The van der Waals surface area contributed by atoms with Crippen LogP contribution in [0.2, 0.25) is 0 Å². The van der Waals surface area contributed by atoms with E-state index in [1.165, 1.54) is 11.3 Å². The number of benzene rings is 1. The van der Waals surface area contributed by atoms with Crippen LogP contribution in [0.25, 0.3) is 10.2 Å². The molecule has 1 aromatic carbocycles. The summed E-state index contributed by atoms with van der Waals surface area (Å²) in [5.41, 5.74) is 1.40. The van der Waals surface area contributed by atoms with E-state index < -0.39 is 6.10 Å². The maximum Gasteiger partial charge on any atom is 0.294 e. The number of aliphatic hydroxyl groups excluding tert-OH is 1. The molecule has 3 rings (SSSR count). The number of hydrogen-bond acceptors (Lipinski definition) is 6. The summed E-state index contributed by atoms with van der Waals surface area (Å²) in [6.45, 7) is 2.76. The molecule has 0 unspecified atom stereocenters. The van der Waals surface area contributed by atoms with Gasteiger partial charge in [0, 0.05) is 19.2 Å². The molecule has 1 N–H and O–H groups in total. The molecular weight excluding hydrogens is 254 g/mol. The molecule has 1 aliphatic rings. The number of nitrogens with zero attached hydrogens (tertiary/aromatic N) is 3. The van der Waals surface area contributed by atoms with Crippen LogP contribution < -0.4 is 4.90 Å². The van der Waals surface area contributed by atoms with Crippen LogP contribution in [0.5, 0.6) is 0 Å². The number of rotatable bonds is 2. The lowest BCUT2D eigenvalue weighted by Gasteiger charge is -2.37. The van der Waals surface area contributed by atoms with E-state index in [0.29, 0.717) is 18.8 Å². The molecule has 0 radical (unpaired) electrons. The van der Waals surface area contributed by atoms with Crippen LogP contribution in [0.1, 0.15) is 5.01 Å². The Balaban J connectivity index is 2.14. The fraction of sp³-hybridized carbons (Fsp3) is 0.364. The SMILES string of the molecule is Cc1nc2cc(N3CC(O)C3)c([N+](=O)[O-])cc2s1. The maximum atomic E-state index is 11.1. The molecule has 0 aliphatic carbocycles. The monoisotopic (exact) mass is 265 g/mol. The third-order valence-corrected chi connectivity index (χ3v) is 3.92. The van der Waals surface area contributed by atoms with Crippen molar-refractivity contribution in [1.29, 1.82) is 0 Å². The lowest BCUT2D eigenvalue weighted by atomic mass is 10.1. The Hall–Kier alpha value is -1.73. The topological polar surface area (TPSA) is 79.5 Å². The van der Waals surface area contributed by atoms with Gasteiger partial charge in [-0.1, -0.05) is 0 Å². The van der Waals surface area contributed by atoms with E-state index in [1.807, 2.05) is 6.92 Å². The summed E-state index contributed by atoms with van der Waals surface area (Å²) < 4.78 is 0.823. The van der Waals surface area contributed by atoms with Crippen LogP contribution in [0, 0.1) is 17.0 Å². The molecule has 94 valence electrons. The molecular formula is C11H11N3O3S. The molecule has 0 atom stereocenters. The van der Waals surface area contributed by atoms with Crippen LogP contribution in [-0.2, 0) is 0 Å². The number of fused-ring (bicyclic) bond motifs is 1. The Bertz CT molecular complexity index is 634. The summed E-state index contributed by atoms with van der Waals surface area (Å²) in [5.74, 6) is 0. The van der Waals surface area contributed by atoms with Crippen LogP contribution in [0.4, 0.5) is 11.4 Å². The van der Waals surface area contributed by atoms with E-state index >= 15 is 0 Å². The van der Waals surface area contributed by atoms with Gasteiger partial charge in [0.05, 0.1) is 26.3 Å². The first-order chi connectivity index (χ1) is 8.54. The van der Waals surface area contributed by atoms with Gasteiger partial charge in [-0.2, -0.15) is 0 Å². The van der Waals surface area contributed by atoms with Gasteiger partial charge in [0.25, 0.3) is 5.69 Å². The minimum absolute atomic E-state index is 0.0815. The lowest BCUT2D eigenvalue weighted by molar-refractivity contribution is -0.384. The highest BCUT2D eigenvalue weighted by atomic mass is 32.1. The maximum absolute atomic E-state index is 11.1. The summed E-state index contributed by atoms with van der Waals surface area (Å²) in [7, 11) is 0. The first kappa shape index (κ1) is 11.4. The van der Waals surface area contributed by atoms with Gasteiger partial charge >= 0.3 is 0 Å². The standard InChI is InChI=1S/C11H11N3O3S/c1-6-12-8-2-9(13-4-7(15)5-13)10(14(16)17)3-11(8)18-6/h2-3,7,15H,4-5H2,1H3. The van der Waals surface area contributed by atoms with Crippen LogP contribution in [-0.4, -0.2) is 34.2 Å². The normalized spacial score (nSPS) is 16.0. The van der Waals surface area contributed by atoms with Gasteiger partial charge in [-0.25, -0.2) is 4.98 Å². The van der Waals surface area contributed by atoms with E-state index in [4.69, 9.17) is 0 Å². The van der Waals surface area contributed by atoms with Gasteiger partial charge in [-0.15, -0.1) is 11.3 Å². The van der Waals surface area contributed by atoms with Crippen molar-refractivity contribution in [2.75, 3.05) is 18.0 Å². The number of anilines is 1. The Morgan fingerprint density at radius 2 is 2.28 bits per heavy atom. The molecule has 0 bridgehead atoms. The molecule has 7 heteroatoms. The van der Waals surface area contributed by atoms with Crippen LogP contribution >= 0.6 is 11.3 Å². The number of aliphatic hydroxyl groups is 1. The average Bonchev–Trinajstić information content (AvgIpc) is 2.62. The van der Waals surface area contributed by atoms with Crippen LogP contribution in [0.3, 0.4) is 0 Å². The van der Waals surface area contributed by atoms with Gasteiger partial charge in [-0.3, -0.25) is 10.1 Å². The van der Waals surface area contributed by atoms with E-state index in [-0.39, 0.29) is 10.6 Å². The summed E-state index contributed by atoms with van der Waals surface area (Å²) >= 11 is 1.45. The van der Waals surface area contributed by atoms with Crippen molar-refractivity contribution in [1.82, 2.24) is 4.98 Å². The summed E-state index contributed by atoms with van der Waals surface area (Å²) in [6, 6.07) is 3.31. The quantitative estimate of drug-likeness (QED) is 0.660. The zero-order valence-corrected chi connectivity index (χ0v) is 10.5. The fourth-order valence-corrected chi connectivity index (χ4v) is 2.96. The Labute approximate surface area is 107 Å². The fourth-order valence-electron chi connectivity index (χ4n) is 2.12. The Morgan fingerprint density at radius 3 is 2.89 bits per heavy atom. The molecule has 6 nitrogen and oxygen atoms in total. The zero-order valence-electron chi connectivity index (χ0n) is 9.66. The third kappa shape index (κ3) is 1.72. The number of thiazole rings is 1. The highest BCUT2D eigenvalue weighted by Crippen LogP contribution is 2.36. The summed E-state index contributed by atoms with van der Waals surface area (Å²) in [4.78, 5) is 16.9. The van der Waals surface area contributed by atoms with E-state index in [2.05, 4.69) is 4.98 Å². The first-order valence-electron chi connectivity index (χ1n) is 5.53. The molecule has 1 aliphatic heterocycles. The Kier molecular flexibility index (Phi) is 2.46. The molecule has 18 heavy (non-hydrogen) atoms. The molecule has 0 amide bonds. The molecule has 1 aromatic heterocycles. The number of aryl methyl sites for hydroxylation is 1. The van der Waals surface area contributed by atoms with Crippen molar-refractivity contribution in [3.05, 3.63) is 27.3 Å². The predicted molar refractivity (Wildman–Crippen MR) is 69.2 cm³/mol. The minimum Gasteiger partial charge on any atom is -0.389 e. The number of nitro benzene ring substituents is 1. The molecule has 0 saturated carbocycles. The number of β-amino-alcohol motifs (C(OH)–C–C–N with tert-alkyl or cyclic N) is 1. The van der Waals surface area contributed by atoms with Gasteiger partial charge < -0.3 is 10.0 Å². The molecule has 1 fully saturated rings. The molecule has 1 saturated heterocycles. The van der Waals surface area contributed by atoms with Crippen molar-refractivity contribution in [2.45, 2.75) is 13.0 Å². The van der Waals surface area contributed by atoms with E-state index in [9.17, 15) is 15.2 Å². The predicted octanol–water partition coefficient (Wildman–Crippen LogP) is 1.69. The minimum atomic E-state index is -0.391. The van der Waals surface area contributed by atoms with Crippen molar-refractivity contribution < 1.29 is 10.0 Å². The summed E-state index contributed by atoms with van der Waals surface area (Å²) in [5, 5.41) is 21.3. The van der Waals surface area contributed by atoms with Crippen molar-refractivity contribution in [2.24, 2.45) is 0 Å². The highest BCUT2D eigenvalue weighted by molar-refractivity contribution is 7.18. The smallest absolute Gasteiger partial charge is 0.294 e. The van der Waals surface area contributed by atoms with Gasteiger partial charge in [0.2, 0.25) is 0 Å². The Morgan fingerprint density at radius 1 is 1.56 bits per heavy atom. The van der Waals surface area contributed by atoms with Crippen molar-refractivity contribution in [3.8, 4) is 0 Å². The van der Waals surface area contributed by atoms with Crippen molar-refractivity contribution in [3.63, 3.8) is 0 Å². The second-order valence-corrected chi connectivity index (χ2v) is 5.59. The van der Waals surface area contributed by atoms with Gasteiger partial charge in [0.15, 0.2) is 0 Å². The first-order valence-corrected chi connectivity index (χ1v) is 6.35. The van der Waals surface area contributed by atoms with Gasteiger partial charge in [-0.05, 0) is 13.0 Å². The van der Waals surface area contributed by atoms with E-state index in [0.717, 1.165) is 15.2 Å². The van der Waals surface area contributed by atoms with Crippen LogP contribution in [0.15, 0.2) is 12.1 Å².